The Morgan fingerprint density at radius 3 is 1.67 bits per heavy atom. The first-order valence-corrected chi connectivity index (χ1v) is 9.70. The van der Waals surface area contributed by atoms with Crippen molar-refractivity contribution in [1.29, 1.82) is 0 Å². The number of hydrogen-bond donors (Lipinski definition) is 0. The van der Waals surface area contributed by atoms with E-state index < -0.39 is 0 Å². The Balaban J connectivity index is 1.46. The van der Waals surface area contributed by atoms with E-state index >= 15 is 0 Å². The van der Waals surface area contributed by atoms with Crippen LogP contribution in [0, 0.1) is 0 Å². The van der Waals surface area contributed by atoms with Gasteiger partial charge in [0.1, 0.15) is 5.75 Å². The fourth-order valence-corrected chi connectivity index (χ4v) is 3.49. The fraction of sp³-hybridized carbons (Fsp3) is 0.400. The van der Waals surface area contributed by atoms with Gasteiger partial charge in [-0.15, -0.1) is 11.8 Å². The number of methoxy groups -OCH3 is 1. The molecule has 128 valence electrons. The molecule has 0 atom stereocenters. The van der Waals surface area contributed by atoms with Gasteiger partial charge in [0.15, 0.2) is 0 Å². The van der Waals surface area contributed by atoms with Crippen LogP contribution in [0.2, 0.25) is 0 Å². The fourth-order valence-electron chi connectivity index (χ4n) is 3.08. The second kappa shape index (κ2) is 8.56. The zero-order valence-corrected chi connectivity index (χ0v) is 15.4. The monoisotopic (exact) mass is 342 g/mol. The molecule has 0 amide bonds. The lowest BCUT2D eigenvalue weighted by molar-refractivity contribution is 0.122. The normalized spacial score (nSPS) is 16.2. The highest BCUT2D eigenvalue weighted by Gasteiger charge is 2.17. The maximum Gasteiger partial charge on any atom is 0.118 e. The standard InChI is InChI=1S/C20H26N2OS/c1-23-19-7-3-17(4-8-19)15-21-11-13-22(14-12-21)16-18-5-9-20(24-2)10-6-18/h3-10H,11-16H2,1-2H3. The van der Waals surface area contributed by atoms with Crippen LogP contribution >= 0.6 is 11.8 Å². The van der Waals surface area contributed by atoms with Crippen molar-refractivity contribution in [2.45, 2.75) is 18.0 Å². The maximum atomic E-state index is 5.22. The summed E-state index contributed by atoms with van der Waals surface area (Å²) in [4.78, 5) is 6.43. The number of thioether (sulfide) groups is 1. The van der Waals surface area contributed by atoms with Crippen LogP contribution in [0.4, 0.5) is 0 Å². The van der Waals surface area contributed by atoms with E-state index in [9.17, 15) is 0 Å². The van der Waals surface area contributed by atoms with E-state index in [0.29, 0.717) is 0 Å². The van der Waals surface area contributed by atoms with Crippen LogP contribution < -0.4 is 4.74 Å². The lowest BCUT2D eigenvalue weighted by Crippen LogP contribution is -2.45. The molecule has 2 aromatic carbocycles. The lowest BCUT2D eigenvalue weighted by atomic mass is 10.1. The average Bonchev–Trinajstić information content (AvgIpc) is 2.65. The molecule has 1 heterocycles. The largest absolute Gasteiger partial charge is 0.497 e. The van der Waals surface area contributed by atoms with Gasteiger partial charge in [0.2, 0.25) is 0 Å². The molecule has 24 heavy (non-hydrogen) atoms. The first-order valence-electron chi connectivity index (χ1n) is 8.47. The SMILES string of the molecule is COc1ccc(CN2CCN(Cc3ccc(SC)cc3)CC2)cc1. The number of rotatable bonds is 6. The molecule has 0 bridgehead atoms. The summed E-state index contributed by atoms with van der Waals surface area (Å²) in [6, 6.07) is 17.4. The van der Waals surface area contributed by atoms with Crippen LogP contribution in [0.25, 0.3) is 0 Å². The molecule has 1 aliphatic rings. The predicted octanol–water partition coefficient (Wildman–Crippen LogP) is 3.73. The molecule has 4 heteroatoms. The molecule has 1 aliphatic heterocycles. The van der Waals surface area contributed by atoms with Crippen molar-refractivity contribution >= 4 is 11.8 Å². The second-order valence-electron chi connectivity index (χ2n) is 6.25. The third-order valence-electron chi connectivity index (χ3n) is 4.60. The van der Waals surface area contributed by atoms with Crippen molar-refractivity contribution in [3.8, 4) is 5.75 Å². The number of hydrogen-bond acceptors (Lipinski definition) is 4. The van der Waals surface area contributed by atoms with E-state index in [4.69, 9.17) is 4.74 Å². The first kappa shape index (κ1) is 17.3. The molecule has 0 unspecified atom stereocenters. The zero-order chi connectivity index (χ0) is 16.8. The van der Waals surface area contributed by atoms with Crippen molar-refractivity contribution in [3.05, 3.63) is 59.7 Å². The molecule has 1 fully saturated rings. The van der Waals surface area contributed by atoms with Gasteiger partial charge in [-0.1, -0.05) is 24.3 Å². The minimum Gasteiger partial charge on any atom is -0.497 e. The van der Waals surface area contributed by atoms with Crippen molar-refractivity contribution in [1.82, 2.24) is 9.80 Å². The first-order chi connectivity index (χ1) is 11.8. The Bertz CT molecular complexity index is 562. The Morgan fingerprint density at radius 1 is 0.792 bits per heavy atom. The predicted molar refractivity (Wildman–Crippen MR) is 102 cm³/mol. The molecular weight excluding hydrogens is 316 g/mol. The molecule has 0 N–H and O–H groups in total. The Labute approximate surface area is 149 Å². The molecule has 3 rings (SSSR count). The smallest absolute Gasteiger partial charge is 0.118 e. The number of benzene rings is 2. The second-order valence-corrected chi connectivity index (χ2v) is 7.13. The summed E-state index contributed by atoms with van der Waals surface area (Å²) in [5, 5.41) is 0. The summed E-state index contributed by atoms with van der Waals surface area (Å²) in [5.41, 5.74) is 2.77. The highest BCUT2D eigenvalue weighted by Crippen LogP contribution is 2.17. The van der Waals surface area contributed by atoms with Gasteiger partial charge < -0.3 is 4.74 Å². The highest BCUT2D eigenvalue weighted by atomic mass is 32.2. The van der Waals surface area contributed by atoms with Crippen LogP contribution in [0.15, 0.2) is 53.4 Å². The quantitative estimate of drug-likeness (QED) is 0.743. The van der Waals surface area contributed by atoms with Gasteiger partial charge in [0.25, 0.3) is 0 Å². The Morgan fingerprint density at radius 2 is 1.25 bits per heavy atom. The van der Waals surface area contributed by atoms with E-state index in [1.54, 1.807) is 18.9 Å². The Kier molecular flexibility index (Phi) is 6.18. The van der Waals surface area contributed by atoms with Crippen LogP contribution in [0.5, 0.6) is 5.75 Å². The third-order valence-corrected chi connectivity index (χ3v) is 5.34. The van der Waals surface area contributed by atoms with E-state index in [2.05, 4.69) is 52.5 Å². The van der Waals surface area contributed by atoms with Gasteiger partial charge in [-0.2, -0.15) is 0 Å². The van der Waals surface area contributed by atoms with Gasteiger partial charge in [0, 0.05) is 44.2 Å². The molecule has 3 nitrogen and oxygen atoms in total. The molecule has 0 radical (unpaired) electrons. The highest BCUT2D eigenvalue weighted by molar-refractivity contribution is 7.98. The number of ether oxygens (including phenoxy) is 1. The lowest BCUT2D eigenvalue weighted by Gasteiger charge is -2.34. The summed E-state index contributed by atoms with van der Waals surface area (Å²) in [6.45, 7) is 6.63. The van der Waals surface area contributed by atoms with Crippen LogP contribution in [0.1, 0.15) is 11.1 Å². The summed E-state index contributed by atoms with van der Waals surface area (Å²) in [5.74, 6) is 0.927. The van der Waals surface area contributed by atoms with E-state index in [1.165, 1.54) is 16.0 Å². The topological polar surface area (TPSA) is 15.7 Å². The minimum absolute atomic E-state index is 0.927. The molecule has 0 aromatic heterocycles. The van der Waals surface area contributed by atoms with Gasteiger partial charge in [-0.25, -0.2) is 0 Å². The molecule has 0 saturated carbocycles. The van der Waals surface area contributed by atoms with Gasteiger partial charge >= 0.3 is 0 Å². The Hall–Kier alpha value is -1.49. The van der Waals surface area contributed by atoms with Crippen molar-refractivity contribution < 1.29 is 4.74 Å². The minimum atomic E-state index is 0.927. The van der Waals surface area contributed by atoms with Crippen molar-refractivity contribution in [3.63, 3.8) is 0 Å². The van der Waals surface area contributed by atoms with E-state index in [1.807, 2.05) is 12.1 Å². The number of nitrogens with zero attached hydrogens (tertiary/aromatic N) is 2. The van der Waals surface area contributed by atoms with Crippen LogP contribution in [0.3, 0.4) is 0 Å². The molecule has 1 saturated heterocycles. The van der Waals surface area contributed by atoms with Gasteiger partial charge in [-0.05, 0) is 41.6 Å². The number of piperazine rings is 1. The van der Waals surface area contributed by atoms with E-state index in [0.717, 1.165) is 45.0 Å². The zero-order valence-electron chi connectivity index (χ0n) is 14.6. The molecule has 0 spiro atoms. The third kappa shape index (κ3) is 4.76. The molecule has 0 aliphatic carbocycles. The molecular formula is C20H26N2OS. The van der Waals surface area contributed by atoms with E-state index in [-0.39, 0.29) is 0 Å². The van der Waals surface area contributed by atoms with Gasteiger partial charge in [0.05, 0.1) is 7.11 Å². The molecule has 2 aromatic rings. The summed E-state index contributed by atoms with van der Waals surface area (Å²) < 4.78 is 5.22. The van der Waals surface area contributed by atoms with Crippen LogP contribution in [-0.4, -0.2) is 49.3 Å². The van der Waals surface area contributed by atoms with Gasteiger partial charge in [-0.3, -0.25) is 9.80 Å². The van der Waals surface area contributed by atoms with Crippen LogP contribution in [-0.2, 0) is 13.1 Å². The summed E-state index contributed by atoms with van der Waals surface area (Å²) >= 11 is 1.80. The van der Waals surface area contributed by atoms with Crippen molar-refractivity contribution in [2.24, 2.45) is 0 Å². The summed E-state index contributed by atoms with van der Waals surface area (Å²) in [7, 11) is 1.71. The summed E-state index contributed by atoms with van der Waals surface area (Å²) in [6.07, 6.45) is 2.12. The maximum absolute atomic E-state index is 5.22. The average molecular weight is 343 g/mol. The van der Waals surface area contributed by atoms with Crippen molar-refractivity contribution in [2.75, 3.05) is 39.5 Å².